The summed E-state index contributed by atoms with van der Waals surface area (Å²) in [6.45, 7) is 2.45. The van der Waals surface area contributed by atoms with Crippen LogP contribution in [0.5, 0.6) is 0 Å². The van der Waals surface area contributed by atoms with Crippen molar-refractivity contribution in [2.45, 2.75) is 13.5 Å². The van der Waals surface area contributed by atoms with E-state index in [1.807, 2.05) is 25.1 Å². The Labute approximate surface area is 133 Å². The average Bonchev–Trinajstić information content (AvgIpc) is 2.88. The van der Waals surface area contributed by atoms with E-state index in [-0.39, 0.29) is 5.56 Å². The number of rotatable bonds is 5. The minimum absolute atomic E-state index is 0.222. The smallest absolute Gasteiger partial charge is 0.337 e. The number of nitrogens with zero attached hydrogens (tertiary/aromatic N) is 3. The Morgan fingerprint density at radius 1 is 1.26 bits per heavy atom. The molecule has 0 fully saturated rings. The number of anilines is 2. The summed E-state index contributed by atoms with van der Waals surface area (Å²) >= 11 is 0. The standard InChI is InChI=1S/C17H16N4O2/c1-12-9-16(19-15-7-3-2-6-14(15)17(22)23)21(20-12)11-13-5-4-8-18-10-13/h2-10,19H,11H2,1H3,(H,22,23). The highest BCUT2D eigenvalue weighted by atomic mass is 16.4. The van der Waals surface area contributed by atoms with Gasteiger partial charge in [0, 0.05) is 18.5 Å². The van der Waals surface area contributed by atoms with E-state index in [2.05, 4.69) is 15.4 Å². The first-order valence-corrected chi connectivity index (χ1v) is 7.16. The van der Waals surface area contributed by atoms with E-state index >= 15 is 0 Å². The summed E-state index contributed by atoms with van der Waals surface area (Å²) in [4.78, 5) is 15.4. The SMILES string of the molecule is Cc1cc(Nc2ccccc2C(=O)O)n(Cc2cccnc2)n1. The molecule has 0 spiro atoms. The van der Waals surface area contributed by atoms with Crippen LogP contribution in [0, 0.1) is 6.92 Å². The summed E-state index contributed by atoms with van der Waals surface area (Å²) in [7, 11) is 0. The van der Waals surface area contributed by atoms with Crippen LogP contribution in [-0.4, -0.2) is 25.8 Å². The van der Waals surface area contributed by atoms with E-state index in [1.54, 1.807) is 41.3 Å². The number of aryl methyl sites for hydroxylation is 1. The summed E-state index contributed by atoms with van der Waals surface area (Å²) in [5.74, 6) is -0.233. The maximum Gasteiger partial charge on any atom is 0.337 e. The first kappa shape index (κ1) is 14.8. The molecule has 0 aliphatic heterocycles. The molecule has 2 N–H and O–H groups in total. The van der Waals surface area contributed by atoms with Crippen LogP contribution in [0.25, 0.3) is 0 Å². The van der Waals surface area contributed by atoms with Crippen LogP contribution in [0.2, 0.25) is 0 Å². The minimum atomic E-state index is -0.969. The van der Waals surface area contributed by atoms with Crippen LogP contribution < -0.4 is 5.32 Å². The van der Waals surface area contributed by atoms with Gasteiger partial charge in [0.25, 0.3) is 0 Å². The van der Waals surface area contributed by atoms with Crippen molar-refractivity contribution in [3.8, 4) is 0 Å². The van der Waals surface area contributed by atoms with Gasteiger partial charge < -0.3 is 10.4 Å². The number of hydrogen-bond acceptors (Lipinski definition) is 4. The molecule has 0 radical (unpaired) electrons. The van der Waals surface area contributed by atoms with Crippen molar-refractivity contribution in [2.75, 3.05) is 5.32 Å². The van der Waals surface area contributed by atoms with Gasteiger partial charge in [0.05, 0.1) is 23.5 Å². The predicted octanol–water partition coefficient (Wildman–Crippen LogP) is 3.08. The van der Waals surface area contributed by atoms with Gasteiger partial charge in [-0.1, -0.05) is 18.2 Å². The molecule has 1 aromatic carbocycles. The number of hydrogen-bond donors (Lipinski definition) is 2. The quantitative estimate of drug-likeness (QED) is 0.757. The second-order valence-corrected chi connectivity index (χ2v) is 5.17. The number of carbonyl (C=O) groups is 1. The van der Waals surface area contributed by atoms with Crippen LogP contribution in [0.1, 0.15) is 21.6 Å². The fourth-order valence-electron chi connectivity index (χ4n) is 2.35. The van der Waals surface area contributed by atoms with E-state index in [9.17, 15) is 9.90 Å². The summed E-state index contributed by atoms with van der Waals surface area (Å²) in [6.07, 6.45) is 3.51. The second-order valence-electron chi connectivity index (χ2n) is 5.17. The number of carboxylic acids is 1. The fourth-order valence-corrected chi connectivity index (χ4v) is 2.35. The lowest BCUT2D eigenvalue weighted by Gasteiger charge is -2.11. The Kier molecular flexibility index (Phi) is 4.05. The molecule has 0 saturated carbocycles. The van der Waals surface area contributed by atoms with E-state index in [0.29, 0.717) is 12.2 Å². The van der Waals surface area contributed by atoms with Crippen LogP contribution in [0.15, 0.2) is 54.9 Å². The molecule has 0 bridgehead atoms. The largest absolute Gasteiger partial charge is 0.478 e. The number of pyridine rings is 1. The molecular weight excluding hydrogens is 292 g/mol. The molecule has 0 atom stereocenters. The summed E-state index contributed by atoms with van der Waals surface area (Å²) in [5.41, 5.74) is 2.63. The number of aromatic carboxylic acids is 1. The predicted molar refractivity (Wildman–Crippen MR) is 87.0 cm³/mol. The van der Waals surface area contributed by atoms with Crippen molar-refractivity contribution in [1.82, 2.24) is 14.8 Å². The molecule has 0 amide bonds. The van der Waals surface area contributed by atoms with Gasteiger partial charge in [0.2, 0.25) is 0 Å². The fraction of sp³-hybridized carbons (Fsp3) is 0.118. The third-order valence-electron chi connectivity index (χ3n) is 3.38. The summed E-state index contributed by atoms with van der Waals surface area (Å²) in [5, 5.41) is 16.9. The van der Waals surface area contributed by atoms with Gasteiger partial charge in [0.15, 0.2) is 0 Å². The topological polar surface area (TPSA) is 80.0 Å². The summed E-state index contributed by atoms with van der Waals surface area (Å²) in [6, 6.07) is 12.5. The lowest BCUT2D eigenvalue weighted by atomic mass is 10.2. The third kappa shape index (κ3) is 3.37. The molecule has 116 valence electrons. The Hall–Kier alpha value is -3.15. The normalized spacial score (nSPS) is 10.5. The molecule has 23 heavy (non-hydrogen) atoms. The van der Waals surface area contributed by atoms with Gasteiger partial charge in [-0.25, -0.2) is 9.48 Å². The van der Waals surface area contributed by atoms with Crippen LogP contribution >= 0.6 is 0 Å². The van der Waals surface area contributed by atoms with Crippen LogP contribution in [-0.2, 0) is 6.54 Å². The van der Waals surface area contributed by atoms with Crippen LogP contribution in [0.4, 0.5) is 11.5 Å². The highest BCUT2D eigenvalue weighted by Gasteiger charge is 2.12. The van der Waals surface area contributed by atoms with Crippen molar-refractivity contribution < 1.29 is 9.90 Å². The van der Waals surface area contributed by atoms with Crippen molar-refractivity contribution in [1.29, 1.82) is 0 Å². The van der Waals surface area contributed by atoms with E-state index in [1.165, 1.54) is 0 Å². The molecule has 2 heterocycles. The Balaban J connectivity index is 1.91. The van der Waals surface area contributed by atoms with Gasteiger partial charge in [-0.15, -0.1) is 0 Å². The van der Waals surface area contributed by atoms with Gasteiger partial charge in [-0.3, -0.25) is 4.98 Å². The molecule has 6 heteroatoms. The number of aromatic nitrogens is 3. The second kappa shape index (κ2) is 6.31. The molecule has 0 aliphatic rings. The molecule has 0 saturated heterocycles. The minimum Gasteiger partial charge on any atom is -0.478 e. The maximum absolute atomic E-state index is 11.3. The molecular formula is C17H16N4O2. The Morgan fingerprint density at radius 2 is 2.09 bits per heavy atom. The Morgan fingerprint density at radius 3 is 2.83 bits per heavy atom. The van der Waals surface area contributed by atoms with Gasteiger partial charge in [-0.2, -0.15) is 5.10 Å². The zero-order valence-electron chi connectivity index (χ0n) is 12.6. The lowest BCUT2D eigenvalue weighted by molar-refractivity contribution is 0.0698. The summed E-state index contributed by atoms with van der Waals surface area (Å²) < 4.78 is 1.80. The zero-order chi connectivity index (χ0) is 16.2. The van der Waals surface area contributed by atoms with Gasteiger partial charge in [-0.05, 0) is 30.7 Å². The molecule has 3 aromatic rings. The van der Waals surface area contributed by atoms with Crippen molar-refractivity contribution >= 4 is 17.5 Å². The number of benzene rings is 1. The molecule has 3 rings (SSSR count). The third-order valence-corrected chi connectivity index (χ3v) is 3.38. The lowest BCUT2D eigenvalue weighted by Crippen LogP contribution is -2.08. The Bertz CT molecular complexity index is 828. The first-order valence-electron chi connectivity index (χ1n) is 7.16. The van der Waals surface area contributed by atoms with Crippen molar-refractivity contribution in [3.63, 3.8) is 0 Å². The van der Waals surface area contributed by atoms with Gasteiger partial charge >= 0.3 is 5.97 Å². The van der Waals surface area contributed by atoms with Crippen molar-refractivity contribution in [2.24, 2.45) is 0 Å². The number of nitrogens with one attached hydrogen (secondary N) is 1. The zero-order valence-corrected chi connectivity index (χ0v) is 12.6. The maximum atomic E-state index is 11.3. The molecule has 0 unspecified atom stereocenters. The molecule has 6 nitrogen and oxygen atoms in total. The van der Waals surface area contributed by atoms with Gasteiger partial charge in [0.1, 0.15) is 5.82 Å². The van der Waals surface area contributed by atoms with Crippen LogP contribution in [0.3, 0.4) is 0 Å². The highest BCUT2D eigenvalue weighted by Crippen LogP contribution is 2.22. The number of carboxylic acid groups (broad SMARTS) is 1. The first-order chi connectivity index (χ1) is 11.1. The number of para-hydroxylation sites is 1. The van der Waals surface area contributed by atoms with Crippen molar-refractivity contribution in [3.05, 3.63) is 71.7 Å². The van der Waals surface area contributed by atoms with E-state index in [0.717, 1.165) is 17.1 Å². The highest BCUT2D eigenvalue weighted by molar-refractivity contribution is 5.95. The van der Waals surface area contributed by atoms with E-state index < -0.39 is 5.97 Å². The average molecular weight is 308 g/mol. The monoisotopic (exact) mass is 308 g/mol. The molecule has 0 aliphatic carbocycles. The molecule has 2 aromatic heterocycles. The van der Waals surface area contributed by atoms with E-state index in [4.69, 9.17) is 0 Å².